The maximum absolute atomic E-state index is 13.1. The van der Waals surface area contributed by atoms with E-state index in [1.54, 1.807) is 18.3 Å². The van der Waals surface area contributed by atoms with Gasteiger partial charge in [0.2, 0.25) is 5.95 Å². The summed E-state index contributed by atoms with van der Waals surface area (Å²) in [4.78, 5) is 11.0. The molecule has 0 radical (unpaired) electrons. The molecule has 0 atom stereocenters. The third-order valence-electron chi connectivity index (χ3n) is 3.67. The van der Waals surface area contributed by atoms with E-state index in [0.717, 1.165) is 25.9 Å². The zero-order valence-corrected chi connectivity index (χ0v) is 12.2. The van der Waals surface area contributed by atoms with Crippen LogP contribution in [0, 0.1) is 5.82 Å². The van der Waals surface area contributed by atoms with Crippen LogP contribution in [0.4, 0.5) is 10.3 Å². The number of piperidine rings is 1. The van der Waals surface area contributed by atoms with E-state index in [1.165, 1.54) is 12.1 Å². The number of anilines is 1. The molecule has 2 N–H and O–H groups in total. The highest BCUT2D eigenvalue weighted by Crippen LogP contribution is 2.28. The Labute approximate surface area is 127 Å². The van der Waals surface area contributed by atoms with Crippen molar-refractivity contribution in [1.82, 2.24) is 9.97 Å². The lowest BCUT2D eigenvalue weighted by Crippen LogP contribution is -2.40. The highest BCUT2D eigenvalue weighted by molar-refractivity contribution is 6.33. The van der Waals surface area contributed by atoms with Gasteiger partial charge in [0.25, 0.3) is 0 Å². The van der Waals surface area contributed by atoms with Gasteiger partial charge < -0.3 is 10.6 Å². The Balaban J connectivity index is 1.89. The van der Waals surface area contributed by atoms with Gasteiger partial charge in [-0.3, -0.25) is 0 Å². The van der Waals surface area contributed by atoms with Gasteiger partial charge in [-0.25, -0.2) is 14.4 Å². The van der Waals surface area contributed by atoms with Crippen molar-refractivity contribution in [2.75, 3.05) is 18.0 Å². The minimum Gasteiger partial charge on any atom is -0.341 e. The second-order valence-electron chi connectivity index (χ2n) is 5.19. The number of nitrogens with zero attached hydrogens (tertiary/aromatic N) is 3. The molecule has 1 aliphatic heterocycles. The Kier molecular flexibility index (Phi) is 4.03. The van der Waals surface area contributed by atoms with Gasteiger partial charge in [0, 0.05) is 30.9 Å². The molecule has 3 rings (SSSR count). The summed E-state index contributed by atoms with van der Waals surface area (Å²) in [5.74, 6) is 0.308. The third kappa shape index (κ3) is 3.14. The highest BCUT2D eigenvalue weighted by Gasteiger charge is 2.18. The average Bonchev–Trinajstić information content (AvgIpc) is 2.48. The van der Waals surface area contributed by atoms with Gasteiger partial charge >= 0.3 is 0 Å². The zero-order chi connectivity index (χ0) is 14.8. The Morgan fingerprint density at radius 2 is 2.00 bits per heavy atom. The molecule has 21 heavy (non-hydrogen) atoms. The zero-order valence-electron chi connectivity index (χ0n) is 11.5. The molecule has 0 amide bonds. The number of aromatic nitrogens is 2. The van der Waals surface area contributed by atoms with E-state index in [0.29, 0.717) is 22.2 Å². The first-order valence-corrected chi connectivity index (χ1v) is 7.30. The van der Waals surface area contributed by atoms with E-state index < -0.39 is 0 Å². The molecule has 0 bridgehead atoms. The first-order valence-electron chi connectivity index (χ1n) is 6.92. The molecular weight excluding hydrogens is 291 g/mol. The molecule has 2 heterocycles. The van der Waals surface area contributed by atoms with Crippen molar-refractivity contribution in [2.24, 2.45) is 5.73 Å². The number of hydrogen-bond acceptors (Lipinski definition) is 4. The van der Waals surface area contributed by atoms with E-state index in [4.69, 9.17) is 17.3 Å². The number of hydrogen-bond donors (Lipinski definition) is 1. The van der Waals surface area contributed by atoms with Gasteiger partial charge in [-0.1, -0.05) is 11.6 Å². The van der Waals surface area contributed by atoms with Crippen LogP contribution < -0.4 is 10.6 Å². The number of halogens is 2. The molecule has 0 aliphatic carbocycles. The fourth-order valence-electron chi connectivity index (χ4n) is 2.45. The van der Waals surface area contributed by atoms with Gasteiger partial charge in [-0.05, 0) is 37.1 Å². The van der Waals surface area contributed by atoms with Crippen LogP contribution in [0.25, 0.3) is 11.3 Å². The minimum atomic E-state index is -0.358. The summed E-state index contributed by atoms with van der Waals surface area (Å²) in [5, 5.41) is 0.348. The van der Waals surface area contributed by atoms with E-state index >= 15 is 0 Å². The molecule has 4 nitrogen and oxygen atoms in total. The van der Waals surface area contributed by atoms with Gasteiger partial charge in [0.1, 0.15) is 5.82 Å². The van der Waals surface area contributed by atoms with Crippen molar-refractivity contribution < 1.29 is 4.39 Å². The van der Waals surface area contributed by atoms with Crippen LogP contribution in [0.3, 0.4) is 0 Å². The van der Waals surface area contributed by atoms with Crippen LogP contribution in [-0.2, 0) is 0 Å². The highest BCUT2D eigenvalue weighted by atomic mass is 35.5. The summed E-state index contributed by atoms with van der Waals surface area (Å²) in [6, 6.07) is 6.34. The molecule has 2 aromatic rings. The average molecular weight is 307 g/mol. The molecule has 0 unspecified atom stereocenters. The number of rotatable bonds is 2. The van der Waals surface area contributed by atoms with Crippen molar-refractivity contribution in [2.45, 2.75) is 18.9 Å². The molecule has 1 aromatic heterocycles. The molecule has 1 aromatic carbocycles. The van der Waals surface area contributed by atoms with Crippen LogP contribution in [0.2, 0.25) is 5.02 Å². The minimum absolute atomic E-state index is 0.260. The van der Waals surface area contributed by atoms with Crippen LogP contribution in [-0.4, -0.2) is 29.1 Å². The first-order chi connectivity index (χ1) is 10.1. The molecule has 0 spiro atoms. The Hall–Kier alpha value is -1.72. The fourth-order valence-corrected chi connectivity index (χ4v) is 2.71. The lowest BCUT2D eigenvalue weighted by Gasteiger charge is -2.30. The Morgan fingerprint density at radius 1 is 1.24 bits per heavy atom. The Morgan fingerprint density at radius 3 is 2.71 bits per heavy atom. The van der Waals surface area contributed by atoms with Gasteiger partial charge in [0.15, 0.2) is 0 Å². The lowest BCUT2D eigenvalue weighted by atomic mass is 10.1. The predicted octanol–water partition coefficient (Wildman–Crippen LogP) is 2.86. The van der Waals surface area contributed by atoms with E-state index in [-0.39, 0.29) is 11.9 Å². The molecule has 1 fully saturated rings. The largest absolute Gasteiger partial charge is 0.341 e. The van der Waals surface area contributed by atoms with Gasteiger partial charge in [-0.15, -0.1) is 0 Å². The standard InChI is InChI=1S/C15H16ClFN4/c16-13-9-10(17)1-2-12(13)14-3-6-19-15(20-14)21-7-4-11(18)5-8-21/h1-3,6,9,11H,4-5,7-8,18H2. The topological polar surface area (TPSA) is 55.0 Å². The molecule has 1 aliphatic rings. The summed E-state index contributed by atoms with van der Waals surface area (Å²) in [6.07, 6.45) is 3.57. The quantitative estimate of drug-likeness (QED) is 0.927. The Bertz CT molecular complexity index is 641. The van der Waals surface area contributed by atoms with Crippen molar-refractivity contribution in [3.05, 3.63) is 41.3 Å². The second-order valence-corrected chi connectivity index (χ2v) is 5.60. The maximum atomic E-state index is 13.1. The monoisotopic (exact) mass is 306 g/mol. The van der Waals surface area contributed by atoms with Crippen LogP contribution in [0.15, 0.2) is 30.5 Å². The van der Waals surface area contributed by atoms with Crippen molar-refractivity contribution in [1.29, 1.82) is 0 Å². The van der Waals surface area contributed by atoms with Crippen LogP contribution in [0.1, 0.15) is 12.8 Å². The maximum Gasteiger partial charge on any atom is 0.225 e. The summed E-state index contributed by atoms with van der Waals surface area (Å²) in [5.41, 5.74) is 7.31. The summed E-state index contributed by atoms with van der Waals surface area (Å²) in [6.45, 7) is 1.70. The van der Waals surface area contributed by atoms with Crippen molar-refractivity contribution >= 4 is 17.5 Å². The normalized spacial score (nSPS) is 16.2. The lowest BCUT2D eigenvalue weighted by molar-refractivity contribution is 0.495. The smallest absolute Gasteiger partial charge is 0.225 e. The van der Waals surface area contributed by atoms with E-state index in [1.807, 2.05) is 0 Å². The summed E-state index contributed by atoms with van der Waals surface area (Å²) < 4.78 is 13.1. The van der Waals surface area contributed by atoms with Crippen LogP contribution >= 0.6 is 11.6 Å². The first kappa shape index (κ1) is 14.2. The SMILES string of the molecule is NC1CCN(c2nccc(-c3ccc(F)cc3Cl)n2)CC1. The third-order valence-corrected chi connectivity index (χ3v) is 3.99. The number of benzene rings is 1. The molecule has 1 saturated heterocycles. The molecular formula is C15H16ClFN4. The summed E-state index contributed by atoms with van der Waals surface area (Å²) in [7, 11) is 0. The van der Waals surface area contributed by atoms with E-state index in [2.05, 4.69) is 14.9 Å². The van der Waals surface area contributed by atoms with Crippen molar-refractivity contribution in [3.8, 4) is 11.3 Å². The van der Waals surface area contributed by atoms with Gasteiger partial charge in [-0.2, -0.15) is 0 Å². The second kappa shape index (κ2) is 5.95. The van der Waals surface area contributed by atoms with Gasteiger partial charge in [0.05, 0.1) is 10.7 Å². The van der Waals surface area contributed by atoms with Crippen molar-refractivity contribution in [3.63, 3.8) is 0 Å². The van der Waals surface area contributed by atoms with Crippen LogP contribution in [0.5, 0.6) is 0 Å². The molecule has 6 heteroatoms. The molecule has 110 valence electrons. The number of nitrogens with two attached hydrogens (primary N) is 1. The predicted molar refractivity (Wildman–Crippen MR) is 81.9 cm³/mol. The summed E-state index contributed by atoms with van der Waals surface area (Å²) >= 11 is 6.09. The van der Waals surface area contributed by atoms with E-state index in [9.17, 15) is 4.39 Å². The molecule has 0 saturated carbocycles. The fraction of sp³-hybridized carbons (Fsp3) is 0.333.